The lowest BCUT2D eigenvalue weighted by Crippen LogP contribution is -2.02. The van der Waals surface area contributed by atoms with Gasteiger partial charge in [0.1, 0.15) is 22.6 Å². The number of carboxylic acids is 2. The Morgan fingerprint density at radius 2 is 0.500 bits per heavy atom. The molecular formula is C80H86O6. The molecule has 0 fully saturated rings. The zero-order valence-corrected chi connectivity index (χ0v) is 53.2. The molecule has 86 heavy (non-hydrogen) atoms. The third kappa shape index (κ3) is 12.7. The van der Waals surface area contributed by atoms with Crippen LogP contribution in [0.2, 0.25) is 0 Å². The van der Waals surface area contributed by atoms with Crippen LogP contribution in [0, 0.1) is 83.1 Å². The van der Waals surface area contributed by atoms with Crippen LogP contribution < -0.4 is 0 Å². The van der Waals surface area contributed by atoms with Gasteiger partial charge in [-0.1, -0.05) is 149 Å². The van der Waals surface area contributed by atoms with Gasteiger partial charge < -0.3 is 20.4 Å². The van der Waals surface area contributed by atoms with Crippen LogP contribution in [-0.2, 0) is 12.8 Å². The Labute approximate surface area is 511 Å². The number of aryl methyl sites for hydroxylation is 14. The predicted molar refractivity (Wildman–Crippen MR) is 360 cm³/mol. The minimum atomic E-state index is -1.15. The van der Waals surface area contributed by atoms with Gasteiger partial charge >= 0.3 is 11.9 Å². The fraction of sp³-hybridized carbons (Fsp3) is 0.300. The lowest BCUT2D eigenvalue weighted by atomic mass is 9.82. The van der Waals surface area contributed by atoms with Gasteiger partial charge in [0, 0.05) is 0 Å². The molecule has 0 bridgehead atoms. The maximum absolute atomic E-state index is 11.6. The van der Waals surface area contributed by atoms with Crippen molar-refractivity contribution in [2.24, 2.45) is 0 Å². The summed E-state index contributed by atoms with van der Waals surface area (Å²) in [5.41, 5.74) is 35.3. The normalized spacial score (nSPS) is 11.4. The summed E-state index contributed by atoms with van der Waals surface area (Å²) in [5, 5.41) is 40.0. The van der Waals surface area contributed by atoms with Crippen LogP contribution in [0.15, 0.2) is 121 Å². The fourth-order valence-electron chi connectivity index (χ4n) is 13.3. The number of rotatable bonds is 20. The Morgan fingerprint density at radius 1 is 0.279 bits per heavy atom. The largest absolute Gasteiger partial charge is 0.507 e. The van der Waals surface area contributed by atoms with Crippen molar-refractivity contribution in [3.63, 3.8) is 0 Å². The number of aromatic hydroxyl groups is 2. The highest BCUT2D eigenvalue weighted by atomic mass is 16.4. The molecular weight excluding hydrogens is 1060 g/mol. The van der Waals surface area contributed by atoms with Gasteiger partial charge in [0.25, 0.3) is 0 Å². The minimum Gasteiger partial charge on any atom is -0.507 e. The van der Waals surface area contributed by atoms with E-state index in [1.54, 1.807) is 24.3 Å². The highest BCUT2D eigenvalue weighted by molar-refractivity contribution is 5.94. The average molecular weight is 1140 g/mol. The second kappa shape index (κ2) is 26.0. The summed E-state index contributed by atoms with van der Waals surface area (Å²) >= 11 is 0. The van der Waals surface area contributed by atoms with Gasteiger partial charge in [-0.2, -0.15) is 0 Å². The zero-order chi connectivity index (χ0) is 62.0. The van der Waals surface area contributed by atoms with E-state index in [1.165, 1.54) is 162 Å². The maximum Gasteiger partial charge on any atom is 0.339 e. The lowest BCUT2D eigenvalue weighted by molar-refractivity contribution is 0.0682. The molecule has 0 atom stereocenters. The molecule has 0 aliphatic carbocycles. The van der Waals surface area contributed by atoms with Gasteiger partial charge in [-0.15, -0.1) is 0 Å². The zero-order valence-electron chi connectivity index (χ0n) is 53.2. The van der Waals surface area contributed by atoms with E-state index in [2.05, 4.69) is 182 Å². The molecule has 0 spiro atoms. The van der Waals surface area contributed by atoms with E-state index in [4.69, 9.17) is 0 Å². The molecule has 0 radical (unpaired) electrons. The first-order valence-electron chi connectivity index (χ1n) is 31.0. The molecule has 0 aliphatic rings. The molecule has 0 aromatic heterocycles. The Kier molecular flexibility index (Phi) is 18.8. The smallest absolute Gasteiger partial charge is 0.339 e. The standard InChI is InChI=1S/C80H86O6/c1-15-17-19-21-23-57-41-76(74-40-54(12)72(38-56(74)14)70-36-50(8)68(34-52(70)10)66-32-46(4)64(30-48(66)6)60-26-28-62(80(85)86)78(82)44-60)58(24-22-20-18-16-2)42-75(57)73-39-53(11)71(37-55(73)13)69-35-49(7)67(33-51(69)9)65-31-45(3)63(29-47(65)5)59-25-27-61(79(83)84)77(81)43-59/h25-44,81-82H,15-24H2,1-14H3,(H,83,84)(H,85,86). The molecule has 442 valence electrons. The lowest BCUT2D eigenvalue weighted by Gasteiger charge is -2.23. The van der Waals surface area contributed by atoms with Crippen molar-refractivity contribution in [3.8, 4) is 101 Å². The fourth-order valence-corrected chi connectivity index (χ4v) is 13.3. The number of carboxylic acid groups (broad SMARTS) is 2. The second-order valence-electron chi connectivity index (χ2n) is 24.8. The Bertz CT molecular complexity index is 3870. The molecule has 0 amide bonds. The van der Waals surface area contributed by atoms with Crippen molar-refractivity contribution in [2.45, 2.75) is 161 Å². The van der Waals surface area contributed by atoms with E-state index in [0.29, 0.717) is 0 Å². The van der Waals surface area contributed by atoms with Gasteiger partial charge in [0.05, 0.1) is 0 Å². The first-order valence-corrected chi connectivity index (χ1v) is 31.0. The highest BCUT2D eigenvalue weighted by Crippen LogP contribution is 2.45. The van der Waals surface area contributed by atoms with Gasteiger partial charge in [-0.3, -0.25) is 0 Å². The van der Waals surface area contributed by atoms with E-state index < -0.39 is 11.9 Å². The number of hydrogen-bond acceptors (Lipinski definition) is 4. The molecule has 6 heteroatoms. The van der Waals surface area contributed by atoms with Crippen LogP contribution in [0.5, 0.6) is 11.5 Å². The Hall–Kier alpha value is -8.48. The van der Waals surface area contributed by atoms with Crippen LogP contribution in [-0.4, -0.2) is 32.4 Å². The van der Waals surface area contributed by atoms with Crippen molar-refractivity contribution < 1.29 is 30.0 Å². The quantitative estimate of drug-likeness (QED) is 0.0565. The number of phenols is 2. The molecule has 0 saturated carbocycles. The summed E-state index contributed by atoms with van der Waals surface area (Å²) in [6.07, 6.45) is 11.6. The first kappa shape index (κ1) is 62.1. The minimum absolute atomic E-state index is 0.108. The van der Waals surface area contributed by atoms with E-state index in [1.807, 2.05) is 0 Å². The van der Waals surface area contributed by atoms with Gasteiger partial charge in [0.2, 0.25) is 0 Å². The molecule has 4 N–H and O–H groups in total. The summed E-state index contributed by atoms with van der Waals surface area (Å²) < 4.78 is 0. The first-order chi connectivity index (χ1) is 41.0. The molecule has 9 aromatic rings. The number of unbranched alkanes of at least 4 members (excludes halogenated alkanes) is 6. The maximum atomic E-state index is 11.6. The summed E-state index contributed by atoms with van der Waals surface area (Å²) in [7, 11) is 0. The third-order valence-corrected chi connectivity index (χ3v) is 18.2. The van der Waals surface area contributed by atoms with Crippen molar-refractivity contribution >= 4 is 11.9 Å². The number of carbonyl (C=O) groups is 2. The second-order valence-corrected chi connectivity index (χ2v) is 24.8. The summed E-state index contributed by atoms with van der Waals surface area (Å²) in [5.74, 6) is -2.78. The summed E-state index contributed by atoms with van der Waals surface area (Å²) in [4.78, 5) is 23.2. The average Bonchev–Trinajstić information content (AvgIpc) is 2.11. The Morgan fingerprint density at radius 3 is 0.721 bits per heavy atom. The summed E-state index contributed by atoms with van der Waals surface area (Å²) in [6.45, 7) is 31.0. The number of aromatic carboxylic acids is 2. The molecule has 0 saturated heterocycles. The van der Waals surface area contributed by atoms with Crippen LogP contribution >= 0.6 is 0 Å². The van der Waals surface area contributed by atoms with Crippen molar-refractivity contribution in [3.05, 3.63) is 210 Å². The van der Waals surface area contributed by atoms with Crippen LogP contribution in [0.3, 0.4) is 0 Å². The van der Waals surface area contributed by atoms with Crippen LogP contribution in [0.4, 0.5) is 0 Å². The van der Waals surface area contributed by atoms with Gasteiger partial charge in [-0.05, 0) is 300 Å². The van der Waals surface area contributed by atoms with E-state index in [9.17, 15) is 30.0 Å². The van der Waals surface area contributed by atoms with Crippen LogP contribution in [0.25, 0.3) is 89.0 Å². The molecule has 0 heterocycles. The summed E-state index contributed by atoms with van der Waals surface area (Å²) in [6, 6.07) is 42.6. The van der Waals surface area contributed by atoms with Crippen LogP contribution in [0.1, 0.15) is 164 Å². The number of hydrogen-bond donors (Lipinski definition) is 4. The topological polar surface area (TPSA) is 115 Å². The van der Waals surface area contributed by atoms with Crippen molar-refractivity contribution in [1.82, 2.24) is 0 Å². The van der Waals surface area contributed by atoms with E-state index in [-0.39, 0.29) is 22.6 Å². The van der Waals surface area contributed by atoms with Gasteiger partial charge in [0.15, 0.2) is 0 Å². The van der Waals surface area contributed by atoms with E-state index in [0.717, 1.165) is 81.3 Å². The number of benzene rings is 9. The predicted octanol–water partition coefficient (Wildman–Crippen LogP) is 21.8. The van der Waals surface area contributed by atoms with Crippen molar-refractivity contribution in [1.29, 1.82) is 0 Å². The molecule has 9 aromatic carbocycles. The molecule has 0 unspecified atom stereocenters. The third-order valence-electron chi connectivity index (χ3n) is 18.2. The van der Waals surface area contributed by atoms with Crippen molar-refractivity contribution in [2.75, 3.05) is 0 Å². The SMILES string of the molecule is CCCCCCc1cc(-c2cc(C)c(-c3cc(C)c(-c4cc(C)c(-c5ccc(C(=O)O)c(O)c5)cc4C)cc3C)cc2C)c(CCCCCC)cc1-c1cc(C)c(-c2cc(C)c(-c3cc(C)c(-c4ccc(C(=O)O)c(O)c4)cc3C)cc2C)cc1C. The molecule has 0 aliphatic heterocycles. The monoisotopic (exact) mass is 1140 g/mol. The van der Waals surface area contributed by atoms with E-state index >= 15 is 0 Å². The van der Waals surface area contributed by atoms with Gasteiger partial charge in [-0.25, -0.2) is 9.59 Å². The molecule has 6 nitrogen and oxygen atoms in total. The highest BCUT2D eigenvalue weighted by Gasteiger charge is 2.23. The Balaban J connectivity index is 1.07. The molecule has 9 rings (SSSR count).